The number of thiazole rings is 1. The Bertz CT molecular complexity index is 1840. The van der Waals surface area contributed by atoms with Crippen molar-refractivity contribution in [3.8, 4) is 21.7 Å². The predicted octanol–water partition coefficient (Wildman–Crippen LogP) is 7.64. The van der Waals surface area contributed by atoms with Gasteiger partial charge in [0.1, 0.15) is 5.01 Å². The quantitative estimate of drug-likeness (QED) is 0.200. The van der Waals surface area contributed by atoms with Gasteiger partial charge < -0.3 is 19.5 Å². The third kappa shape index (κ3) is 5.62. The van der Waals surface area contributed by atoms with Gasteiger partial charge in [-0.05, 0) is 81.6 Å². The lowest BCUT2D eigenvalue weighted by Crippen LogP contribution is -2.28. The minimum Gasteiger partial charge on any atom is -0.479 e. The van der Waals surface area contributed by atoms with Crippen molar-refractivity contribution in [2.24, 2.45) is 7.05 Å². The summed E-state index contributed by atoms with van der Waals surface area (Å²) in [5.41, 5.74) is 5.25. The monoisotopic (exact) mass is 618 g/mol. The van der Waals surface area contributed by atoms with Gasteiger partial charge in [0.15, 0.2) is 11.9 Å². The van der Waals surface area contributed by atoms with E-state index in [4.69, 9.17) is 31.2 Å². The van der Waals surface area contributed by atoms with E-state index < -0.39 is 17.7 Å². The van der Waals surface area contributed by atoms with E-state index in [1.807, 2.05) is 69.8 Å². The van der Waals surface area contributed by atoms with Gasteiger partial charge in [-0.15, -0.1) is 11.3 Å². The predicted molar refractivity (Wildman–Crippen MR) is 173 cm³/mol. The molecule has 0 spiro atoms. The Labute approximate surface area is 259 Å². The molecule has 0 saturated carbocycles. The molecule has 0 radical (unpaired) electrons. The van der Waals surface area contributed by atoms with Crippen LogP contribution < -0.4 is 4.90 Å². The van der Waals surface area contributed by atoms with Crippen LogP contribution in [0.1, 0.15) is 44.4 Å². The molecule has 1 N–H and O–H groups in total. The summed E-state index contributed by atoms with van der Waals surface area (Å²) in [6.45, 7) is 9.22. The molecule has 2 atom stereocenters. The van der Waals surface area contributed by atoms with E-state index in [1.165, 1.54) is 0 Å². The number of aryl methyl sites for hydroxylation is 2. The maximum absolute atomic E-state index is 12.7. The fraction of sp³-hybridized carbons (Fsp3) is 0.364. The molecule has 3 aromatic carbocycles. The van der Waals surface area contributed by atoms with Crippen molar-refractivity contribution in [3.63, 3.8) is 0 Å². The molecule has 1 aliphatic rings. The minimum absolute atomic E-state index is 0.199. The number of ether oxygens (including phenoxy) is 2. The first-order valence-corrected chi connectivity index (χ1v) is 15.5. The number of rotatable bonds is 7. The molecular weight excluding hydrogens is 584 g/mol. The van der Waals surface area contributed by atoms with Gasteiger partial charge in [0.05, 0.1) is 27.4 Å². The lowest BCUT2D eigenvalue weighted by atomic mass is 9.91. The fourth-order valence-electron chi connectivity index (χ4n) is 5.89. The van der Waals surface area contributed by atoms with Gasteiger partial charge in [-0.3, -0.25) is 4.68 Å². The molecule has 0 amide bonds. The molecule has 1 saturated heterocycles. The highest BCUT2D eigenvalue weighted by atomic mass is 35.5. The van der Waals surface area contributed by atoms with Gasteiger partial charge >= 0.3 is 5.97 Å². The van der Waals surface area contributed by atoms with E-state index in [9.17, 15) is 9.90 Å². The van der Waals surface area contributed by atoms with Crippen LogP contribution in [-0.2, 0) is 21.3 Å². The summed E-state index contributed by atoms with van der Waals surface area (Å²) in [4.78, 5) is 20.0. The number of benzene rings is 3. The van der Waals surface area contributed by atoms with Crippen molar-refractivity contribution in [2.75, 3.05) is 25.1 Å². The van der Waals surface area contributed by atoms with Crippen molar-refractivity contribution >= 4 is 55.8 Å². The molecular formula is C33H35ClN4O4S. The van der Waals surface area contributed by atoms with Crippen LogP contribution >= 0.6 is 22.9 Å². The first-order valence-electron chi connectivity index (χ1n) is 14.3. The molecule has 1 aliphatic heterocycles. The van der Waals surface area contributed by atoms with Crippen molar-refractivity contribution in [1.29, 1.82) is 0 Å². The summed E-state index contributed by atoms with van der Waals surface area (Å²) in [5, 5.41) is 17.7. The highest BCUT2D eigenvalue weighted by Gasteiger charge is 2.32. The minimum atomic E-state index is -1.16. The third-order valence-corrected chi connectivity index (χ3v) is 9.26. The van der Waals surface area contributed by atoms with Crippen molar-refractivity contribution in [2.45, 2.75) is 51.9 Å². The Kier molecular flexibility index (Phi) is 7.71. The van der Waals surface area contributed by atoms with Crippen LogP contribution in [0.4, 0.5) is 5.82 Å². The number of aromatic nitrogens is 3. The van der Waals surface area contributed by atoms with E-state index in [-0.39, 0.29) is 6.10 Å². The van der Waals surface area contributed by atoms with E-state index in [1.54, 1.807) is 18.4 Å². The summed E-state index contributed by atoms with van der Waals surface area (Å²) in [7, 11) is 3.73. The number of fused-ring (bicyclic) bond motifs is 2. The number of halogens is 1. The normalized spacial score (nSPS) is 16.4. The molecule has 0 bridgehead atoms. The third-order valence-electron chi connectivity index (χ3n) is 7.87. The molecule has 43 heavy (non-hydrogen) atoms. The van der Waals surface area contributed by atoms with Crippen molar-refractivity contribution in [3.05, 3.63) is 64.7 Å². The number of anilines is 1. The van der Waals surface area contributed by atoms with Gasteiger partial charge in [-0.25, -0.2) is 9.78 Å². The van der Waals surface area contributed by atoms with E-state index in [0.717, 1.165) is 73.7 Å². The van der Waals surface area contributed by atoms with Crippen LogP contribution in [0.5, 0.6) is 0 Å². The van der Waals surface area contributed by atoms with E-state index in [2.05, 4.69) is 23.1 Å². The number of carboxylic acids is 1. The Balaban J connectivity index is 1.54. The second-order valence-corrected chi connectivity index (χ2v) is 13.5. The molecule has 1 fully saturated rings. The Morgan fingerprint density at radius 1 is 1.14 bits per heavy atom. The van der Waals surface area contributed by atoms with Crippen LogP contribution in [0, 0.1) is 6.92 Å². The van der Waals surface area contributed by atoms with Crippen molar-refractivity contribution < 1.29 is 19.4 Å². The maximum atomic E-state index is 12.7. The Morgan fingerprint density at radius 2 is 1.86 bits per heavy atom. The van der Waals surface area contributed by atoms with Gasteiger partial charge in [-0.2, -0.15) is 5.10 Å². The number of hydrogen-bond donors (Lipinski definition) is 1. The average molecular weight is 619 g/mol. The van der Waals surface area contributed by atoms with Crippen molar-refractivity contribution in [1.82, 2.24) is 14.8 Å². The molecule has 2 aromatic heterocycles. The number of nitrogens with zero attached hydrogens (tertiary/aromatic N) is 4. The second-order valence-electron chi connectivity index (χ2n) is 12.1. The molecule has 10 heteroatoms. The Hall–Kier alpha value is -3.50. The van der Waals surface area contributed by atoms with Gasteiger partial charge in [0, 0.05) is 54.3 Å². The first-order chi connectivity index (χ1) is 20.4. The van der Waals surface area contributed by atoms with Crippen LogP contribution in [0.2, 0.25) is 5.02 Å². The molecule has 3 heterocycles. The molecule has 8 nitrogen and oxygen atoms in total. The van der Waals surface area contributed by atoms with Gasteiger partial charge in [0.2, 0.25) is 0 Å². The standard InChI is InChI=1S/C33H35ClN4O4S/c1-18-15-24-29(27(19-7-10-21(34)11-8-19)26(18)28(32(39)40)42-33(2,3)4)43-31(35-24)20-9-12-25-23(16-20)30(36-37(25)5)38-14-13-22(17-38)41-6/h7-12,15-16,22,28H,13-14,17H2,1-6H3,(H,39,40)/t22?,28-/m0/s1. The summed E-state index contributed by atoms with van der Waals surface area (Å²) in [6, 6.07) is 15.8. The smallest absolute Gasteiger partial charge is 0.337 e. The zero-order valence-corrected chi connectivity index (χ0v) is 26.7. The second kappa shape index (κ2) is 11.2. The summed E-state index contributed by atoms with van der Waals surface area (Å²) in [6.07, 6.45) is 0.00816. The zero-order valence-electron chi connectivity index (χ0n) is 25.1. The molecule has 0 aliphatic carbocycles. The van der Waals surface area contributed by atoms with Crippen LogP contribution in [0.15, 0.2) is 48.5 Å². The fourth-order valence-corrected chi connectivity index (χ4v) is 7.14. The summed E-state index contributed by atoms with van der Waals surface area (Å²) in [5.74, 6) is -0.0897. The molecule has 224 valence electrons. The highest BCUT2D eigenvalue weighted by Crippen LogP contribution is 2.45. The van der Waals surface area contributed by atoms with E-state index in [0.29, 0.717) is 10.6 Å². The number of aliphatic carboxylic acids is 1. The van der Waals surface area contributed by atoms with Gasteiger partial charge in [-0.1, -0.05) is 23.7 Å². The molecule has 1 unspecified atom stereocenters. The Morgan fingerprint density at radius 3 is 2.51 bits per heavy atom. The summed E-state index contributed by atoms with van der Waals surface area (Å²) >= 11 is 7.80. The SMILES string of the molecule is COC1CCN(c2nn(C)c3ccc(-c4nc5cc(C)c([C@H](OC(C)(C)C)C(=O)O)c(-c6ccc(Cl)cc6)c5s4)cc23)C1. The summed E-state index contributed by atoms with van der Waals surface area (Å²) < 4.78 is 14.6. The molecule has 6 rings (SSSR count). The zero-order chi connectivity index (χ0) is 30.6. The molecule has 5 aromatic rings. The lowest BCUT2D eigenvalue weighted by molar-refractivity contribution is -0.160. The number of methoxy groups -OCH3 is 1. The number of carboxylic acid groups (broad SMARTS) is 1. The number of carbonyl (C=O) groups is 1. The number of hydrogen-bond acceptors (Lipinski definition) is 7. The van der Waals surface area contributed by atoms with E-state index >= 15 is 0 Å². The maximum Gasteiger partial charge on any atom is 0.337 e. The lowest BCUT2D eigenvalue weighted by Gasteiger charge is -2.28. The topological polar surface area (TPSA) is 89.7 Å². The largest absolute Gasteiger partial charge is 0.479 e. The van der Waals surface area contributed by atoms with Crippen LogP contribution in [0.25, 0.3) is 42.8 Å². The highest BCUT2D eigenvalue weighted by molar-refractivity contribution is 7.22. The van der Waals surface area contributed by atoms with Gasteiger partial charge in [0.25, 0.3) is 0 Å². The van der Waals surface area contributed by atoms with Crippen LogP contribution in [0.3, 0.4) is 0 Å². The van der Waals surface area contributed by atoms with Crippen LogP contribution in [-0.4, -0.2) is 57.7 Å². The first kappa shape index (κ1) is 29.6. The average Bonchev–Trinajstić information content (AvgIpc) is 3.68.